The lowest BCUT2D eigenvalue weighted by Gasteiger charge is -2.37. The highest BCUT2D eigenvalue weighted by Crippen LogP contribution is 2.28. The van der Waals surface area contributed by atoms with Crippen LogP contribution in [0.5, 0.6) is 0 Å². The van der Waals surface area contributed by atoms with Crippen LogP contribution in [0.1, 0.15) is 72.6 Å². The average molecular weight is 253 g/mol. The van der Waals surface area contributed by atoms with Crippen molar-refractivity contribution >= 4 is 5.91 Å². The number of carbonyl (C=O) groups is 1. The van der Waals surface area contributed by atoms with Gasteiger partial charge in [0.05, 0.1) is 0 Å². The average Bonchev–Trinajstić information content (AvgIpc) is 2.35. The number of amides is 1. The second-order valence-electron chi connectivity index (χ2n) is 5.61. The minimum Gasteiger partial charge on any atom is -0.347 e. The summed E-state index contributed by atoms with van der Waals surface area (Å²) in [6.45, 7) is 12.4. The van der Waals surface area contributed by atoms with Crippen LogP contribution in [0.3, 0.4) is 0 Å². The molecule has 0 spiro atoms. The first-order chi connectivity index (χ1) is 8.50. The Kier molecular flexibility index (Phi) is 8.78. The number of unbranched alkanes of at least 4 members (excludes halogenated alkanes) is 3. The molecule has 0 fully saturated rings. The third-order valence-corrected chi connectivity index (χ3v) is 3.97. The molecule has 0 aliphatic rings. The SMILES string of the molecule is C=CC(=O)NC(C)(CCCCC)C(C)CCCC. The predicted octanol–water partition coefficient (Wildman–Crippen LogP) is 4.45. The van der Waals surface area contributed by atoms with Gasteiger partial charge in [-0.2, -0.15) is 0 Å². The Balaban J connectivity index is 4.55. The second-order valence-corrected chi connectivity index (χ2v) is 5.61. The van der Waals surface area contributed by atoms with Gasteiger partial charge in [-0.1, -0.05) is 59.5 Å². The summed E-state index contributed by atoms with van der Waals surface area (Å²) in [4.78, 5) is 11.6. The Morgan fingerprint density at radius 3 is 2.39 bits per heavy atom. The van der Waals surface area contributed by atoms with Crippen LogP contribution in [0.25, 0.3) is 0 Å². The van der Waals surface area contributed by atoms with Crippen LogP contribution in [-0.2, 0) is 4.79 Å². The molecule has 18 heavy (non-hydrogen) atoms. The molecule has 2 atom stereocenters. The largest absolute Gasteiger partial charge is 0.347 e. The van der Waals surface area contributed by atoms with E-state index in [1.165, 1.54) is 44.6 Å². The molecule has 0 saturated heterocycles. The number of carbonyl (C=O) groups excluding carboxylic acids is 1. The maximum Gasteiger partial charge on any atom is 0.243 e. The first-order valence-corrected chi connectivity index (χ1v) is 7.44. The lowest BCUT2D eigenvalue weighted by molar-refractivity contribution is -0.118. The van der Waals surface area contributed by atoms with Gasteiger partial charge in [-0.05, 0) is 31.8 Å². The monoisotopic (exact) mass is 253 g/mol. The summed E-state index contributed by atoms with van der Waals surface area (Å²) in [5.41, 5.74) is -0.0877. The van der Waals surface area contributed by atoms with Crippen LogP contribution in [0.4, 0.5) is 0 Å². The van der Waals surface area contributed by atoms with Crippen LogP contribution in [0.2, 0.25) is 0 Å². The predicted molar refractivity (Wildman–Crippen MR) is 79.6 cm³/mol. The molecule has 2 heteroatoms. The van der Waals surface area contributed by atoms with E-state index >= 15 is 0 Å². The fourth-order valence-corrected chi connectivity index (χ4v) is 2.34. The molecular formula is C16H31NO. The smallest absolute Gasteiger partial charge is 0.243 e. The van der Waals surface area contributed by atoms with E-state index in [0.29, 0.717) is 5.92 Å². The first-order valence-electron chi connectivity index (χ1n) is 7.44. The van der Waals surface area contributed by atoms with Crippen molar-refractivity contribution in [2.24, 2.45) is 5.92 Å². The van der Waals surface area contributed by atoms with E-state index in [0.717, 1.165) is 6.42 Å². The van der Waals surface area contributed by atoms with Gasteiger partial charge in [0, 0.05) is 5.54 Å². The van der Waals surface area contributed by atoms with Crippen LogP contribution in [0, 0.1) is 5.92 Å². The summed E-state index contributed by atoms with van der Waals surface area (Å²) in [5, 5.41) is 3.15. The van der Waals surface area contributed by atoms with Crippen molar-refractivity contribution in [3.05, 3.63) is 12.7 Å². The van der Waals surface area contributed by atoms with Gasteiger partial charge in [-0.3, -0.25) is 4.79 Å². The zero-order valence-electron chi connectivity index (χ0n) is 12.7. The lowest BCUT2D eigenvalue weighted by Crippen LogP contribution is -2.50. The van der Waals surface area contributed by atoms with Crippen LogP contribution in [0.15, 0.2) is 12.7 Å². The van der Waals surface area contributed by atoms with Crippen LogP contribution in [-0.4, -0.2) is 11.4 Å². The quantitative estimate of drug-likeness (QED) is 0.452. The Morgan fingerprint density at radius 1 is 1.28 bits per heavy atom. The van der Waals surface area contributed by atoms with Crippen molar-refractivity contribution < 1.29 is 4.79 Å². The maximum atomic E-state index is 11.6. The van der Waals surface area contributed by atoms with Gasteiger partial charge < -0.3 is 5.32 Å². The number of hydrogen-bond acceptors (Lipinski definition) is 1. The highest BCUT2D eigenvalue weighted by atomic mass is 16.1. The molecule has 0 saturated carbocycles. The Morgan fingerprint density at radius 2 is 1.89 bits per heavy atom. The summed E-state index contributed by atoms with van der Waals surface area (Å²) in [5.74, 6) is 0.468. The van der Waals surface area contributed by atoms with E-state index in [4.69, 9.17) is 0 Å². The van der Waals surface area contributed by atoms with Crippen molar-refractivity contribution in [2.45, 2.75) is 78.2 Å². The molecule has 0 heterocycles. The molecule has 0 aromatic heterocycles. The molecule has 0 aliphatic heterocycles. The molecule has 0 aromatic rings. The third kappa shape index (κ3) is 6.23. The zero-order valence-corrected chi connectivity index (χ0v) is 12.7. The van der Waals surface area contributed by atoms with Gasteiger partial charge in [0.15, 0.2) is 0 Å². The first kappa shape index (κ1) is 17.2. The molecule has 0 radical (unpaired) electrons. The summed E-state index contributed by atoms with van der Waals surface area (Å²) in [7, 11) is 0. The number of hydrogen-bond donors (Lipinski definition) is 1. The fraction of sp³-hybridized carbons (Fsp3) is 0.812. The lowest BCUT2D eigenvalue weighted by atomic mass is 9.79. The van der Waals surface area contributed by atoms with Gasteiger partial charge in [-0.15, -0.1) is 0 Å². The van der Waals surface area contributed by atoms with Crippen molar-refractivity contribution in [3.8, 4) is 0 Å². The standard InChI is InChI=1S/C16H31NO/c1-6-9-11-13-16(5,17-15(18)8-3)14(4)12-10-7-2/h8,14H,3,6-7,9-13H2,1-2,4-5H3,(H,17,18). The van der Waals surface area contributed by atoms with E-state index in [2.05, 4.69) is 39.6 Å². The van der Waals surface area contributed by atoms with E-state index in [-0.39, 0.29) is 11.4 Å². The van der Waals surface area contributed by atoms with Crippen molar-refractivity contribution in [1.29, 1.82) is 0 Å². The third-order valence-electron chi connectivity index (χ3n) is 3.97. The highest BCUT2D eigenvalue weighted by molar-refractivity contribution is 5.87. The maximum absolute atomic E-state index is 11.6. The zero-order chi connectivity index (χ0) is 14.0. The molecule has 106 valence electrons. The molecule has 2 unspecified atom stereocenters. The molecule has 1 N–H and O–H groups in total. The molecule has 1 amide bonds. The highest BCUT2D eigenvalue weighted by Gasteiger charge is 2.31. The summed E-state index contributed by atoms with van der Waals surface area (Å²) >= 11 is 0. The number of nitrogens with one attached hydrogen (secondary N) is 1. The van der Waals surface area contributed by atoms with Crippen molar-refractivity contribution in [3.63, 3.8) is 0 Å². The molecule has 0 aliphatic carbocycles. The van der Waals surface area contributed by atoms with Gasteiger partial charge in [0.1, 0.15) is 0 Å². The summed E-state index contributed by atoms with van der Waals surface area (Å²) in [6, 6.07) is 0. The van der Waals surface area contributed by atoms with E-state index in [1.807, 2.05) is 0 Å². The van der Waals surface area contributed by atoms with Crippen LogP contribution < -0.4 is 5.32 Å². The molecule has 0 aromatic carbocycles. The Labute approximate surface area is 113 Å². The molecular weight excluding hydrogens is 222 g/mol. The van der Waals surface area contributed by atoms with Crippen molar-refractivity contribution in [2.75, 3.05) is 0 Å². The molecule has 0 bridgehead atoms. The van der Waals surface area contributed by atoms with Crippen molar-refractivity contribution in [1.82, 2.24) is 5.32 Å². The van der Waals surface area contributed by atoms with Crippen LogP contribution >= 0.6 is 0 Å². The minimum absolute atomic E-state index is 0.0441. The summed E-state index contributed by atoms with van der Waals surface area (Å²) < 4.78 is 0. The Hall–Kier alpha value is -0.790. The minimum atomic E-state index is -0.0877. The van der Waals surface area contributed by atoms with Gasteiger partial charge in [0.2, 0.25) is 5.91 Å². The van der Waals surface area contributed by atoms with Gasteiger partial charge >= 0.3 is 0 Å². The fourth-order valence-electron chi connectivity index (χ4n) is 2.34. The number of rotatable bonds is 10. The Bertz CT molecular complexity index is 249. The van der Waals surface area contributed by atoms with E-state index in [1.54, 1.807) is 0 Å². The summed E-state index contributed by atoms with van der Waals surface area (Å²) in [6.07, 6.45) is 9.70. The van der Waals surface area contributed by atoms with Gasteiger partial charge in [0.25, 0.3) is 0 Å². The normalized spacial score (nSPS) is 15.8. The van der Waals surface area contributed by atoms with E-state index < -0.39 is 0 Å². The molecule has 2 nitrogen and oxygen atoms in total. The molecule has 0 rings (SSSR count). The second kappa shape index (κ2) is 9.18. The topological polar surface area (TPSA) is 29.1 Å². The van der Waals surface area contributed by atoms with Gasteiger partial charge in [-0.25, -0.2) is 0 Å². The van der Waals surface area contributed by atoms with E-state index in [9.17, 15) is 4.79 Å².